The normalized spacial score (nSPS) is 11.2. The molecule has 2 N–H and O–H groups in total. The average Bonchev–Trinajstić information content (AvgIpc) is 2.67. The summed E-state index contributed by atoms with van der Waals surface area (Å²) in [7, 11) is -2.16. The molecule has 8 heteroatoms. The second-order valence-corrected chi connectivity index (χ2v) is 8.02. The van der Waals surface area contributed by atoms with E-state index in [-0.39, 0.29) is 29.6 Å². The lowest BCUT2D eigenvalue weighted by Crippen LogP contribution is -2.30. The molecule has 0 aliphatic carbocycles. The van der Waals surface area contributed by atoms with E-state index in [2.05, 4.69) is 10.0 Å². The fraction of sp³-hybridized carbons (Fsp3) is 0.300. The zero-order chi connectivity index (χ0) is 20.6. The van der Waals surface area contributed by atoms with E-state index in [1.807, 2.05) is 24.3 Å². The van der Waals surface area contributed by atoms with Gasteiger partial charge in [0, 0.05) is 32.2 Å². The molecule has 0 atom stereocenters. The summed E-state index contributed by atoms with van der Waals surface area (Å²) in [6.07, 6.45) is 0.00733. The smallest absolute Gasteiger partial charge is 0.240 e. The summed E-state index contributed by atoms with van der Waals surface area (Å²) in [4.78, 5) is 23.3. The molecule has 0 radical (unpaired) electrons. The van der Waals surface area contributed by atoms with Crippen LogP contribution in [0.4, 0.5) is 0 Å². The Morgan fingerprint density at radius 2 is 1.71 bits per heavy atom. The van der Waals surface area contributed by atoms with E-state index < -0.39 is 10.0 Å². The van der Waals surface area contributed by atoms with Gasteiger partial charge >= 0.3 is 0 Å². The zero-order valence-electron chi connectivity index (χ0n) is 15.9. The molecule has 2 rings (SSSR count). The lowest BCUT2D eigenvalue weighted by Gasteiger charge is -2.09. The molecule has 0 fully saturated rings. The first-order valence-corrected chi connectivity index (χ1v) is 10.2. The van der Waals surface area contributed by atoms with Crippen molar-refractivity contribution in [1.82, 2.24) is 10.0 Å². The molecular formula is C20H24N2O5S. The highest BCUT2D eigenvalue weighted by Gasteiger charge is 2.15. The van der Waals surface area contributed by atoms with Crippen LogP contribution in [0, 0.1) is 0 Å². The van der Waals surface area contributed by atoms with Gasteiger partial charge in [0.15, 0.2) is 5.78 Å². The van der Waals surface area contributed by atoms with Crippen LogP contribution in [0.2, 0.25) is 0 Å². The molecule has 2 aromatic carbocycles. The number of hydrogen-bond donors (Lipinski definition) is 2. The van der Waals surface area contributed by atoms with Crippen LogP contribution in [0.5, 0.6) is 0 Å². The van der Waals surface area contributed by atoms with Gasteiger partial charge in [-0.25, -0.2) is 13.1 Å². The molecule has 0 heterocycles. The minimum atomic E-state index is -3.78. The number of amides is 1. The number of carbonyl (C=O) groups is 2. The van der Waals surface area contributed by atoms with Gasteiger partial charge in [-0.3, -0.25) is 9.59 Å². The number of sulfonamides is 1. The highest BCUT2D eigenvalue weighted by molar-refractivity contribution is 7.89. The number of ketones is 1. The molecule has 0 spiro atoms. The van der Waals surface area contributed by atoms with Crippen molar-refractivity contribution in [1.29, 1.82) is 0 Å². The maximum atomic E-state index is 12.3. The highest BCUT2D eigenvalue weighted by Crippen LogP contribution is 2.12. The first-order valence-electron chi connectivity index (χ1n) is 8.76. The maximum absolute atomic E-state index is 12.3. The average molecular weight is 404 g/mol. The van der Waals surface area contributed by atoms with E-state index in [0.29, 0.717) is 18.7 Å². The SMILES string of the molecule is COCc1ccc(CNC(=O)CCNS(=O)(=O)c2cccc(C(C)=O)c2)cc1. The van der Waals surface area contributed by atoms with E-state index in [4.69, 9.17) is 4.74 Å². The van der Waals surface area contributed by atoms with Crippen molar-refractivity contribution >= 4 is 21.7 Å². The number of nitrogens with one attached hydrogen (secondary N) is 2. The second kappa shape index (κ2) is 10.1. The van der Waals surface area contributed by atoms with Crippen molar-refractivity contribution < 1.29 is 22.7 Å². The number of benzene rings is 2. The van der Waals surface area contributed by atoms with E-state index in [1.165, 1.54) is 25.1 Å². The topological polar surface area (TPSA) is 102 Å². The zero-order valence-corrected chi connectivity index (χ0v) is 16.7. The minimum absolute atomic E-state index is 0.00300. The number of rotatable bonds is 10. The van der Waals surface area contributed by atoms with Gasteiger partial charge in [-0.15, -0.1) is 0 Å². The summed E-state index contributed by atoms with van der Waals surface area (Å²) in [5.41, 5.74) is 2.30. The van der Waals surface area contributed by atoms with Crippen molar-refractivity contribution in [2.45, 2.75) is 31.4 Å². The fourth-order valence-electron chi connectivity index (χ4n) is 2.47. The Morgan fingerprint density at radius 1 is 1.04 bits per heavy atom. The van der Waals surface area contributed by atoms with Gasteiger partial charge in [-0.05, 0) is 30.2 Å². The highest BCUT2D eigenvalue weighted by atomic mass is 32.2. The lowest BCUT2D eigenvalue weighted by atomic mass is 10.1. The van der Waals surface area contributed by atoms with Crippen molar-refractivity contribution in [2.24, 2.45) is 0 Å². The molecule has 7 nitrogen and oxygen atoms in total. The molecule has 0 bridgehead atoms. The molecular weight excluding hydrogens is 380 g/mol. The van der Waals surface area contributed by atoms with Crippen LogP contribution >= 0.6 is 0 Å². The van der Waals surface area contributed by atoms with Crippen LogP contribution in [0.3, 0.4) is 0 Å². The summed E-state index contributed by atoms with van der Waals surface area (Å²) in [6.45, 7) is 2.22. The van der Waals surface area contributed by atoms with Crippen LogP contribution in [0.15, 0.2) is 53.4 Å². The number of ether oxygens (including phenoxy) is 1. The number of hydrogen-bond acceptors (Lipinski definition) is 5. The molecule has 0 aromatic heterocycles. The standard InChI is InChI=1S/C20H24N2O5S/c1-15(23)18-4-3-5-19(12-18)28(25,26)22-11-10-20(24)21-13-16-6-8-17(9-7-16)14-27-2/h3-9,12,22H,10-11,13-14H2,1-2H3,(H,21,24). The van der Waals surface area contributed by atoms with E-state index in [0.717, 1.165) is 11.1 Å². The third kappa shape index (κ3) is 6.56. The van der Waals surface area contributed by atoms with E-state index >= 15 is 0 Å². The first-order chi connectivity index (χ1) is 13.3. The lowest BCUT2D eigenvalue weighted by molar-refractivity contribution is -0.121. The summed E-state index contributed by atoms with van der Waals surface area (Å²) >= 11 is 0. The summed E-state index contributed by atoms with van der Waals surface area (Å²) in [6, 6.07) is 13.4. The Kier molecular flexibility index (Phi) is 7.86. The molecule has 0 saturated carbocycles. The Hall–Kier alpha value is -2.55. The Morgan fingerprint density at radius 3 is 2.36 bits per heavy atom. The second-order valence-electron chi connectivity index (χ2n) is 6.26. The van der Waals surface area contributed by atoms with Crippen molar-refractivity contribution in [2.75, 3.05) is 13.7 Å². The van der Waals surface area contributed by atoms with Crippen LogP contribution in [0.25, 0.3) is 0 Å². The Labute approximate surface area is 165 Å². The van der Waals surface area contributed by atoms with Crippen LogP contribution in [-0.4, -0.2) is 33.8 Å². The third-order valence-corrected chi connectivity index (χ3v) is 5.48. The predicted octanol–water partition coefficient (Wildman–Crippen LogP) is 2.02. The molecule has 1 amide bonds. The van der Waals surface area contributed by atoms with Gasteiger partial charge < -0.3 is 10.1 Å². The van der Waals surface area contributed by atoms with Crippen molar-refractivity contribution in [3.8, 4) is 0 Å². The first kappa shape index (κ1) is 21.7. The summed E-state index contributed by atoms with van der Waals surface area (Å²) in [5.74, 6) is -0.479. The van der Waals surface area contributed by atoms with Gasteiger partial charge in [0.1, 0.15) is 0 Å². The summed E-state index contributed by atoms with van der Waals surface area (Å²) < 4.78 is 32.0. The van der Waals surface area contributed by atoms with Gasteiger partial charge in [-0.2, -0.15) is 0 Å². The van der Waals surface area contributed by atoms with Crippen molar-refractivity contribution in [3.05, 3.63) is 65.2 Å². The molecule has 150 valence electrons. The Bertz CT molecular complexity index is 924. The van der Waals surface area contributed by atoms with E-state index in [1.54, 1.807) is 13.2 Å². The van der Waals surface area contributed by atoms with E-state index in [9.17, 15) is 18.0 Å². The molecule has 2 aromatic rings. The van der Waals surface area contributed by atoms with Gasteiger partial charge in [0.05, 0.1) is 11.5 Å². The number of methoxy groups -OCH3 is 1. The minimum Gasteiger partial charge on any atom is -0.380 e. The Balaban J connectivity index is 1.81. The molecule has 28 heavy (non-hydrogen) atoms. The monoisotopic (exact) mass is 404 g/mol. The van der Waals surface area contributed by atoms with Crippen LogP contribution < -0.4 is 10.0 Å². The summed E-state index contributed by atoms with van der Waals surface area (Å²) in [5, 5.41) is 2.75. The molecule has 0 saturated heterocycles. The van der Waals surface area contributed by atoms with Crippen LogP contribution in [-0.2, 0) is 32.7 Å². The largest absolute Gasteiger partial charge is 0.380 e. The third-order valence-electron chi connectivity index (χ3n) is 4.02. The van der Waals surface area contributed by atoms with Gasteiger partial charge in [0.25, 0.3) is 0 Å². The molecule has 0 unspecified atom stereocenters. The predicted molar refractivity (Wildman–Crippen MR) is 105 cm³/mol. The van der Waals surface area contributed by atoms with Gasteiger partial charge in [-0.1, -0.05) is 36.4 Å². The molecule has 0 aliphatic heterocycles. The fourth-order valence-corrected chi connectivity index (χ4v) is 3.55. The maximum Gasteiger partial charge on any atom is 0.240 e. The quantitative estimate of drug-likeness (QED) is 0.590. The van der Waals surface area contributed by atoms with Gasteiger partial charge in [0.2, 0.25) is 15.9 Å². The number of carbonyl (C=O) groups excluding carboxylic acids is 2. The number of Topliss-reactive ketones (excluding diaryl/α,β-unsaturated/α-hetero) is 1. The molecule has 0 aliphatic rings. The van der Waals surface area contributed by atoms with Crippen molar-refractivity contribution in [3.63, 3.8) is 0 Å². The van der Waals surface area contributed by atoms with Crippen LogP contribution in [0.1, 0.15) is 34.8 Å².